The first-order chi connectivity index (χ1) is 15.0. The third-order valence-electron chi connectivity index (χ3n) is 5.04. The van der Waals surface area contributed by atoms with Gasteiger partial charge in [0, 0.05) is 12.2 Å². The maximum atomic E-state index is 13.3. The lowest BCUT2D eigenvalue weighted by Gasteiger charge is -2.24. The van der Waals surface area contributed by atoms with Crippen molar-refractivity contribution in [2.24, 2.45) is 0 Å². The van der Waals surface area contributed by atoms with Crippen LogP contribution in [0.4, 0.5) is 15.8 Å². The maximum absolute atomic E-state index is 13.3. The summed E-state index contributed by atoms with van der Waals surface area (Å²) in [5.74, 6) is -0.888. The van der Waals surface area contributed by atoms with Crippen molar-refractivity contribution in [1.82, 2.24) is 4.90 Å². The van der Waals surface area contributed by atoms with E-state index >= 15 is 0 Å². The molecule has 156 valence electrons. The van der Waals surface area contributed by atoms with Crippen molar-refractivity contribution < 1.29 is 14.0 Å². The van der Waals surface area contributed by atoms with E-state index in [1.54, 1.807) is 41.3 Å². The third kappa shape index (κ3) is 4.62. The Kier molecular flexibility index (Phi) is 6.04. The zero-order valence-corrected chi connectivity index (χ0v) is 17.4. The molecule has 4 rings (SSSR count). The van der Waals surface area contributed by atoms with Crippen molar-refractivity contribution in [2.75, 3.05) is 10.2 Å². The van der Waals surface area contributed by atoms with E-state index < -0.39 is 6.04 Å². The molecule has 0 aliphatic carbocycles. The van der Waals surface area contributed by atoms with E-state index in [0.29, 0.717) is 16.5 Å². The predicted octanol–water partition coefficient (Wildman–Crippen LogP) is 4.36. The summed E-state index contributed by atoms with van der Waals surface area (Å²) in [6.45, 7) is 0.289. The van der Waals surface area contributed by atoms with Gasteiger partial charge in [-0.3, -0.25) is 14.5 Å². The number of benzene rings is 3. The number of rotatable bonds is 6. The summed E-state index contributed by atoms with van der Waals surface area (Å²) in [5, 5.41) is 3.14. The van der Waals surface area contributed by atoms with Crippen LogP contribution >= 0.6 is 12.2 Å². The molecule has 0 spiro atoms. The Hall–Kier alpha value is -3.58. The Labute approximate surface area is 185 Å². The van der Waals surface area contributed by atoms with Crippen molar-refractivity contribution >= 4 is 40.5 Å². The molecule has 1 atom stereocenters. The van der Waals surface area contributed by atoms with E-state index in [1.165, 1.54) is 17.0 Å². The lowest BCUT2D eigenvalue weighted by Crippen LogP contribution is -2.37. The van der Waals surface area contributed by atoms with Crippen molar-refractivity contribution in [3.8, 4) is 0 Å². The van der Waals surface area contributed by atoms with Crippen molar-refractivity contribution in [3.63, 3.8) is 0 Å². The van der Waals surface area contributed by atoms with Crippen LogP contribution in [0.5, 0.6) is 0 Å². The van der Waals surface area contributed by atoms with Crippen LogP contribution in [0, 0.1) is 5.82 Å². The van der Waals surface area contributed by atoms with Crippen LogP contribution in [0.25, 0.3) is 0 Å². The summed E-state index contributed by atoms with van der Waals surface area (Å²) in [6, 6.07) is 23.4. The Balaban J connectivity index is 1.60. The van der Waals surface area contributed by atoms with E-state index in [4.69, 9.17) is 12.2 Å². The maximum Gasteiger partial charge on any atom is 0.256 e. The summed E-state index contributed by atoms with van der Waals surface area (Å²) in [5.41, 5.74) is 2.10. The average Bonchev–Trinajstić information content (AvgIpc) is 3.00. The second-order valence-electron chi connectivity index (χ2n) is 7.18. The molecule has 1 saturated heterocycles. The molecule has 1 aliphatic heterocycles. The van der Waals surface area contributed by atoms with Crippen LogP contribution in [0.1, 0.15) is 12.0 Å². The molecular formula is C24H20FN3O2S. The summed E-state index contributed by atoms with van der Waals surface area (Å²) in [7, 11) is 0. The highest BCUT2D eigenvalue weighted by Gasteiger charge is 2.44. The van der Waals surface area contributed by atoms with Crippen molar-refractivity contribution in [2.45, 2.75) is 19.0 Å². The van der Waals surface area contributed by atoms with E-state index in [2.05, 4.69) is 5.32 Å². The van der Waals surface area contributed by atoms with Gasteiger partial charge in [0.2, 0.25) is 5.91 Å². The first-order valence-corrected chi connectivity index (χ1v) is 10.2. The fourth-order valence-electron chi connectivity index (χ4n) is 3.52. The largest absolute Gasteiger partial charge is 0.332 e. The van der Waals surface area contributed by atoms with Gasteiger partial charge in [-0.15, -0.1) is 0 Å². The molecule has 0 radical (unpaired) electrons. The van der Waals surface area contributed by atoms with Gasteiger partial charge in [-0.25, -0.2) is 4.39 Å². The first kappa shape index (κ1) is 20.7. The molecule has 31 heavy (non-hydrogen) atoms. The van der Waals surface area contributed by atoms with E-state index in [9.17, 15) is 14.0 Å². The quantitative estimate of drug-likeness (QED) is 0.587. The molecule has 3 aromatic carbocycles. The van der Waals surface area contributed by atoms with Gasteiger partial charge in [0.15, 0.2) is 5.11 Å². The predicted molar refractivity (Wildman–Crippen MR) is 122 cm³/mol. The zero-order valence-electron chi connectivity index (χ0n) is 16.6. The van der Waals surface area contributed by atoms with Gasteiger partial charge < -0.3 is 10.2 Å². The van der Waals surface area contributed by atoms with Crippen molar-refractivity contribution in [3.05, 3.63) is 96.3 Å². The molecule has 7 heteroatoms. The lowest BCUT2D eigenvalue weighted by atomic mass is 10.1. The number of hydrogen-bond acceptors (Lipinski definition) is 3. The minimum atomic E-state index is -0.763. The Morgan fingerprint density at radius 3 is 2.19 bits per heavy atom. The van der Waals surface area contributed by atoms with Gasteiger partial charge in [-0.05, 0) is 54.2 Å². The van der Waals surface area contributed by atoms with Gasteiger partial charge in [-0.1, -0.05) is 48.5 Å². The number of carbonyl (C=O) groups is 2. The highest BCUT2D eigenvalue weighted by atomic mass is 32.1. The molecular weight excluding hydrogens is 413 g/mol. The molecule has 1 N–H and O–H groups in total. The number of halogens is 1. The number of nitrogens with one attached hydrogen (secondary N) is 1. The number of nitrogens with zero attached hydrogens (tertiary/aromatic N) is 2. The highest BCUT2D eigenvalue weighted by molar-refractivity contribution is 7.80. The molecule has 3 aromatic rings. The van der Waals surface area contributed by atoms with Crippen LogP contribution in [-0.4, -0.2) is 27.9 Å². The number of para-hydroxylation sites is 2. The minimum Gasteiger partial charge on any atom is -0.332 e. The normalized spacial score (nSPS) is 16.0. The van der Waals surface area contributed by atoms with Gasteiger partial charge in [0.1, 0.15) is 11.9 Å². The Bertz CT molecular complexity index is 1090. The Morgan fingerprint density at radius 1 is 0.935 bits per heavy atom. The standard InChI is InChI=1S/C24H20FN3O2S/c25-18-13-11-17(12-14-18)16-27-21(15-22(29)26-19-7-3-1-4-8-19)23(30)28(24(27)31)20-9-5-2-6-10-20/h1-14,21H,15-16H2,(H,26,29)/t21-/m0/s1. The summed E-state index contributed by atoms with van der Waals surface area (Å²) in [6.07, 6.45) is -0.0571. The summed E-state index contributed by atoms with van der Waals surface area (Å²) in [4.78, 5) is 29.2. The highest BCUT2D eigenvalue weighted by Crippen LogP contribution is 2.28. The fourth-order valence-corrected chi connectivity index (χ4v) is 3.91. The molecule has 0 unspecified atom stereocenters. The third-order valence-corrected chi connectivity index (χ3v) is 5.45. The zero-order chi connectivity index (χ0) is 21.8. The van der Waals surface area contributed by atoms with E-state index in [1.807, 2.05) is 36.4 Å². The monoisotopic (exact) mass is 433 g/mol. The second kappa shape index (κ2) is 9.06. The van der Waals surface area contributed by atoms with Crippen LogP contribution < -0.4 is 10.2 Å². The number of amides is 2. The first-order valence-electron chi connectivity index (χ1n) is 9.82. The van der Waals surface area contributed by atoms with Crippen LogP contribution in [0.3, 0.4) is 0 Å². The second-order valence-corrected chi connectivity index (χ2v) is 7.55. The molecule has 0 bridgehead atoms. The molecule has 1 fully saturated rings. The summed E-state index contributed by atoms with van der Waals surface area (Å²) >= 11 is 5.63. The van der Waals surface area contributed by atoms with E-state index in [0.717, 1.165) is 5.56 Å². The topological polar surface area (TPSA) is 52.7 Å². The van der Waals surface area contributed by atoms with Crippen LogP contribution in [0.2, 0.25) is 0 Å². The Morgan fingerprint density at radius 2 is 1.55 bits per heavy atom. The number of hydrogen-bond donors (Lipinski definition) is 1. The number of thiocarbonyl (C=S) groups is 1. The molecule has 5 nitrogen and oxygen atoms in total. The molecule has 1 heterocycles. The van der Waals surface area contributed by atoms with Gasteiger partial charge in [-0.2, -0.15) is 0 Å². The summed E-state index contributed by atoms with van der Waals surface area (Å²) < 4.78 is 13.3. The van der Waals surface area contributed by atoms with Crippen LogP contribution in [-0.2, 0) is 16.1 Å². The fraction of sp³-hybridized carbons (Fsp3) is 0.125. The number of anilines is 2. The average molecular weight is 434 g/mol. The van der Waals surface area contributed by atoms with Gasteiger partial charge in [0.05, 0.1) is 12.1 Å². The van der Waals surface area contributed by atoms with Gasteiger partial charge >= 0.3 is 0 Å². The van der Waals surface area contributed by atoms with Gasteiger partial charge in [0.25, 0.3) is 5.91 Å². The molecule has 0 aromatic heterocycles. The van der Waals surface area contributed by atoms with E-state index in [-0.39, 0.29) is 30.6 Å². The lowest BCUT2D eigenvalue weighted by molar-refractivity contribution is -0.124. The molecule has 1 aliphatic rings. The smallest absolute Gasteiger partial charge is 0.256 e. The van der Waals surface area contributed by atoms with Crippen LogP contribution in [0.15, 0.2) is 84.9 Å². The van der Waals surface area contributed by atoms with Crippen molar-refractivity contribution in [1.29, 1.82) is 0 Å². The SMILES string of the molecule is O=C(C[C@H]1C(=O)N(c2ccccc2)C(=S)N1Cc1ccc(F)cc1)Nc1ccccc1. The number of carbonyl (C=O) groups excluding carboxylic acids is 2. The molecule has 2 amide bonds. The molecule has 0 saturated carbocycles. The minimum absolute atomic E-state index is 0.0571.